The Hall–Kier alpha value is -0.870. The van der Waals surface area contributed by atoms with E-state index < -0.39 is 0 Å². The van der Waals surface area contributed by atoms with Crippen LogP contribution in [0.5, 0.6) is 0 Å². The molecule has 1 aromatic carbocycles. The molecule has 16 heavy (non-hydrogen) atoms. The number of aryl methyl sites for hydroxylation is 1. The summed E-state index contributed by atoms with van der Waals surface area (Å²) < 4.78 is 0.952. The van der Waals surface area contributed by atoms with Crippen LogP contribution in [0, 0.1) is 6.92 Å². The molecule has 0 spiro atoms. The summed E-state index contributed by atoms with van der Waals surface area (Å²) in [6.45, 7) is 3.93. The maximum Gasteiger partial charge on any atom is 0.225 e. The van der Waals surface area contributed by atoms with Crippen molar-refractivity contribution in [2.24, 2.45) is 5.73 Å². The van der Waals surface area contributed by atoms with E-state index >= 15 is 0 Å². The lowest BCUT2D eigenvalue weighted by molar-refractivity contribution is -0.116. The van der Waals surface area contributed by atoms with Crippen LogP contribution in [-0.2, 0) is 4.79 Å². The highest BCUT2D eigenvalue weighted by Gasteiger charge is 2.09. The SMILES string of the molecule is CCC(N)CC(=O)Nc1cc(Br)ccc1C. The Morgan fingerprint density at radius 1 is 1.56 bits per heavy atom. The Bertz CT molecular complexity index is 379. The zero-order valence-electron chi connectivity index (χ0n) is 9.59. The zero-order chi connectivity index (χ0) is 12.1. The van der Waals surface area contributed by atoms with E-state index in [4.69, 9.17) is 5.73 Å². The lowest BCUT2D eigenvalue weighted by Crippen LogP contribution is -2.26. The maximum atomic E-state index is 11.6. The van der Waals surface area contributed by atoms with Crippen molar-refractivity contribution in [2.45, 2.75) is 32.7 Å². The van der Waals surface area contributed by atoms with Crippen molar-refractivity contribution in [2.75, 3.05) is 5.32 Å². The first kappa shape index (κ1) is 13.2. The first-order chi connectivity index (χ1) is 7.52. The van der Waals surface area contributed by atoms with Gasteiger partial charge in [0.2, 0.25) is 5.91 Å². The van der Waals surface area contributed by atoms with Gasteiger partial charge in [-0.15, -0.1) is 0 Å². The molecule has 1 atom stereocenters. The van der Waals surface area contributed by atoms with Crippen molar-refractivity contribution in [1.29, 1.82) is 0 Å². The molecule has 3 nitrogen and oxygen atoms in total. The normalized spacial score (nSPS) is 12.2. The highest BCUT2D eigenvalue weighted by Crippen LogP contribution is 2.20. The Labute approximate surface area is 105 Å². The quantitative estimate of drug-likeness (QED) is 0.893. The van der Waals surface area contributed by atoms with Crippen molar-refractivity contribution < 1.29 is 4.79 Å². The number of rotatable bonds is 4. The molecule has 1 unspecified atom stereocenters. The second-order valence-corrected chi connectivity index (χ2v) is 4.80. The first-order valence-corrected chi connectivity index (χ1v) is 6.13. The number of carbonyl (C=O) groups excluding carboxylic acids is 1. The fraction of sp³-hybridized carbons (Fsp3) is 0.417. The lowest BCUT2D eigenvalue weighted by atomic mass is 10.1. The van der Waals surface area contributed by atoms with Gasteiger partial charge in [0.25, 0.3) is 0 Å². The smallest absolute Gasteiger partial charge is 0.225 e. The second-order valence-electron chi connectivity index (χ2n) is 3.88. The number of hydrogen-bond donors (Lipinski definition) is 2. The van der Waals surface area contributed by atoms with Crippen LogP contribution >= 0.6 is 15.9 Å². The maximum absolute atomic E-state index is 11.6. The van der Waals surface area contributed by atoms with Crippen LogP contribution in [0.15, 0.2) is 22.7 Å². The molecule has 1 aromatic rings. The molecular formula is C12H17BrN2O. The van der Waals surface area contributed by atoms with E-state index in [2.05, 4.69) is 21.2 Å². The monoisotopic (exact) mass is 284 g/mol. The molecule has 0 aliphatic rings. The Kier molecular flexibility index (Phi) is 4.96. The van der Waals surface area contributed by atoms with Crippen molar-refractivity contribution >= 4 is 27.5 Å². The number of benzene rings is 1. The molecule has 0 aliphatic carbocycles. The molecule has 0 saturated heterocycles. The van der Waals surface area contributed by atoms with Gasteiger partial charge in [-0.25, -0.2) is 0 Å². The summed E-state index contributed by atoms with van der Waals surface area (Å²) in [5, 5.41) is 2.87. The van der Waals surface area contributed by atoms with Crippen LogP contribution in [0.1, 0.15) is 25.3 Å². The fourth-order valence-electron chi connectivity index (χ4n) is 1.31. The molecule has 3 N–H and O–H groups in total. The lowest BCUT2D eigenvalue weighted by Gasteiger charge is -2.11. The molecule has 0 fully saturated rings. The number of halogens is 1. The van der Waals surface area contributed by atoms with Crippen LogP contribution in [0.25, 0.3) is 0 Å². The standard InChI is InChI=1S/C12H17BrN2O/c1-3-10(14)7-12(16)15-11-6-9(13)5-4-8(11)2/h4-6,10H,3,7,14H2,1-2H3,(H,15,16). The number of hydrogen-bond acceptors (Lipinski definition) is 2. The minimum absolute atomic E-state index is 0.0319. The van der Waals surface area contributed by atoms with Crippen molar-refractivity contribution in [3.63, 3.8) is 0 Å². The van der Waals surface area contributed by atoms with Gasteiger partial charge in [-0.05, 0) is 31.0 Å². The van der Waals surface area contributed by atoms with E-state index in [0.29, 0.717) is 6.42 Å². The molecule has 88 valence electrons. The number of anilines is 1. The van der Waals surface area contributed by atoms with Gasteiger partial charge in [-0.3, -0.25) is 4.79 Å². The number of nitrogens with one attached hydrogen (secondary N) is 1. The molecular weight excluding hydrogens is 268 g/mol. The average molecular weight is 285 g/mol. The highest BCUT2D eigenvalue weighted by molar-refractivity contribution is 9.10. The summed E-state index contributed by atoms with van der Waals surface area (Å²) in [6.07, 6.45) is 1.17. The minimum Gasteiger partial charge on any atom is -0.327 e. The third kappa shape index (κ3) is 3.94. The minimum atomic E-state index is -0.0625. The van der Waals surface area contributed by atoms with E-state index in [9.17, 15) is 4.79 Å². The van der Waals surface area contributed by atoms with Gasteiger partial charge < -0.3 is 11.1 Å². The molecule has 0 bridgehead atoms. The van der Waals surface area contributed by atoms with Crippen LogP contribution in [0.3, 0.4) is 0 Å². The average Bonchev–Trinajstić information content (AvgIpc) is 2.23. The Balaban J connectivity index is 2.65. The van der Waals surface area contributed by atoms with Crippen molar-refractivity contribution in [3.05, 3.63) is 28.2 Å². The Morgan fingerprint density at radius 3 is 2.88 bits per heavy atom. The number of amides is 1. The van der Waals surface area contributed by atoms with Crippen LogP contribution < -0.4 is 11.1 Å². The second kappa shape index (κ2) is 6.01. The van der Waals surface area contributed by atoms with E-state index in [-0.39, 0.29) is 11.9 Å². The predicted molar refractivity (Wildman–Crippen MR) is 70.4 cm³/mol. The van der Waals surface area contributed by atoms with Crippen LogP contribution in [-0.4, -0.2) is 11.9 Å². The largest absolute Gasteiger partial charge is 0.327 e. The molecule has 0 saturated carbocycles. The molecule has 1 amide bonds. The molecule has 1 rings (SSSR count). The van der Waals surface area contributed by atoms with Gasteiger partial charge >= 0.3 is 0 Å². The number of carbonyl (C=O) groups is 1. The van der Waals surface area contributed by atoms with Gasteiger partial charge in [0, 0.05) is 22.6 Å². The fourth-order valence-corrected chi connectivity index (χ4v) is 1.67. The molecule has 0 aromatic heterocycles. The van der Waals surface area contributed by atoms with Gasteiger partial charge in [0.1, 0.15) is 0 Å². The topological polar surface area (TPSA) is 55.1 Å². The summed E-state index contributed by atoms with van der Waals surface area (Å²) in [7, 11) is 0. The van der Waals surface area contributed by atoms with E-state index in [0.717, 1.165) is 22.1 Å². The third-order valence-electron chi connectivity index (χ3n) is 2.45. The van der Waals surface area contributed by atoms with Gasteiger partial charge in [0.05, 0.1) is 0 Å². The van der Waals surface area contributed by atoms with Gasteiger partial charge in [-0.2, -0.15) is 0 Å². The molecule has 0 heterocycles. The Morgan fingerprint density at radius 2 is 2.25 bits per heavy atom. The molecule has 0 aliphatic heterocycles. The molecule has 0 radical (unpaired) electrons. The van der Waals surface area contributed by atoms with Gasteiger partial charge in [-0.1, -0.05) is 28.9 Å². The van der Waals surface area contributed by atoms with Gasteiger partial charge in [0.15, 0.2) is 0 Å². The summed E-state index contributed by atoms with van der Waals surface area (Å²) in [6, 6.07) is 5.74. The van der Waals surface area contributed by atoms with Crippen LogP contribution in [0.4, 0.5) is 5.69 Å². The zero-order valence-corrected chi connectivity index (χ0v) is 11.2. The van der Waals surface area contributed by atoms with Crippen LogP contribution in [0.2, 0.25) is 0 Å². The molecule has 4 heteroatoms. The number of nitrogens with two attached hydrogens (primary N) is 1. The third-order valence-corrected chi connectivity index (χ3v) is 2.94. The summed E-state index contributed by atoms with van der Waals surface area (Å²) in [4.78, 5) is 11.6. The van der Waals surface area contributed by atoms with E-state index in [1.807, 2.05) is 32.0 Å². The summed E-state index contributed by atoms with van der Waals surface area (Å²) in [5.74, 6) is -0.0319. The van der Waals surface area contributed by atoms with E-state index in [1.54, 1.807) is 0 Å². The van der Waals surface area contributed by atoms with Crippen molar-refractivity contribution in [1.82, 2.24) is 0 Å². The first-order valence-electron chi connectivity index (χ1n) is 5.34. The summed E-state index contributed by atoms with van der Waals surface area (Å²) in [5.41, 5.74) is 7.60. The highest BCUT2D eigenvalue weighted by atomic mass is 79.9. The van der Waals surface area contributed by atoms with E-state index in [1.165, 1.54) is 0 Å². The predicted octanol–water partition coefficient (Wildman–Crippen LogP) is 2.82. The van der Waals surface area contributed by atoms with Crippen molar-refractivity contribution in [3.8, 4) is 0 Å². The summed E-state index contributed by atoms with van der Waals surface area (Å²) >= 11 is 3.37.